The summed E-state index contributed by atoms with van der Waals surface area (Å²) < 4.78 is 0. The molecule has 0 bridgehead atoms. The van der Waals surface area contributed by atoms with Gasteiger partial charge in [0.25, 0.3) is 5.91 Å². The molecule has 3 rings (SSSR count). The molecule has 0 aliphatic carbocycles. The third-order valence-corrected chi connectivity index (χ3v) is 4.33. The van der Waals surface area contributed by atoms with Gasteiger partial charge in [0.1, 0.15) is 6.61 Å². The summed E-state index contributed by atoms with van der Waals surface area (Å²) in [7, 11) is 0. The van der Waals surface area contributed by atoms with Gasteiger partial charge in [-0.3, -0.25) is 4.79 Å². The van der Waals surface area contributed by atoms with Crippen molar-refractivity contribution in [2.45, 2.75) is 12.5 Å². The normalized spacial score (nSPS) is 18.8. The maximum atomic E-state index is 11.9. The minimum atomic E-state index is 0.0106. The smallest absolute Gasteiger partial charge is 0.251 e. The zero-order chi connectivity index (χ0) is 12.4. The highest BCUT2D eigenvalue weighted by Crippen LogP contribution is 2.18. The molecule has 0 radical (unpaired) electrons. The van der Waals surface area contributed by atoms with Gasteiger partial charge in [-0.25, -0.2) is 0 Å². The third-order valence-electron chi connectivity index (χ3n) is 3.06. The van der Waals surface area contributed by atoms with Crippen molar-refractivity contribution < 1.29 is 9.63 Å². The highest BCUT2D eigenvalue weighted by Gasteiger charge is 2.20. The Labute approximate surface area is 110 Å². The molecule has 94 valence electrons. The fourth-order valence-corrected chi connectivity index (χ4v) is 2.55. The molecule has 0 unspecified atom stereocenters. The van der Waals surface area contributed by atoms with Crippen molar-refractivity contribution in [2.75, 3.05) is 18.1 Å². The lowest BCUT2D eigenvalue weighted by atomic mass is 10.1. The van der Waals surface area contributed by atoms with Crippen LogP contribution in [0.4, 0.5) is 0 Å². The maximum absolute atomic E-state index is 11.9. The van der Waals surface area contributed by atoms with Crippen LogP contribution in [-0.4, -0.2) is 35.8 Å². The summed E-state index contributed by atoms with van der Waals surface area (Å²) >= 11 is 1.86. The van der Waals surface area contributed by atoms with Crippen LogP contribution >= 0.6 is 11.8 Å². The van der Waals surface area contributed by atoms with Crippen LogP contribution in [0.15, 0.2) is 29.4 Å². The van der Waals surface area contributed by atoms with Crippen molar-refractivity contribution >= 4 is 23.4 Å². The van der Waals surface area contributed by atoms with E-state index in [4.69, 9.17) is 4.84 Å². The van der Waals surface area contributed by atoms with E-state index >= 15 is 0 Å². The highest BCUT2D eigenvalue weighted by atomic mass is 32.2. The van der Waals surface area contributed by atoms with Crippen molar-refractivity contribution in [3.8, 4) is 0 Å². The minimum Gasteiger partial charge on any atom is -0.395 e. The monoisotopic (exact) mass is 262 g/mol. The maximum Gasteiger partial charge on any atom is 0.251 e. The first-order chi connectivity index (χ1) is 8.83. The minimum absolute atomic E-state index is 0.0106. The lowest BCUT2D eigenvalue weighted by Crippen LogP contribution is -2.43. The van der Waals surface area contributed by atoms with E-state index in [0.717, 1.165) is 29.2 Å². The van der Waals surface area contributed by atoms with Gasteiger partial charge >= 0.3 is 0 Å². The molecule has 1 aromatic rings. The quantitative estimate of drug-likeness (QED) is 0.901. The van der Waals surface area contributed by atoms with Crippen molar-refractivity contribution in [3.05, 3.63) is 35.4 Å². The standard InChI is InChI=1S/C13H14N2O2S/c16-13(14-11-7-18-8-11)10-3-1-9(2-4-10)12-5-6-17-15-12/h1-4,11H,5-8H2,(H,14,16). The highest BCUT2D eigenvalue weighted by molar-refractivity contribution is 8.00. The van der Waals surface area contributed by atoms with E-state index in [0.29, 0.717) is 18.2 Å². The van der Waals surface area contributed by atoms with Gasteiger partial charge in [0, 0.05) is 29.5 Å². The molecule has 2 aliphatic heterocycles. The molecule has 2 aliphatic rings. The molecule has 1 aromatic carbocycles. The summed E-state index contributed by atoms with van der Waals surface area (Å²) in [6.07, 6.45) is 0.838. The van der Waals surface area contributed by atoms with Gasteiger partial charge in [0.2, 0.25) is 0 Å². The Balaban J connectivity index is 1.68. The molecule has 0 aromatic heterocycles. The van der Waals surface area contributed by atoms with Crippen molar-refractivity contribution in [1.82, 2.24) is 5.32 Å². The summed E-state index contributed by atoms with van der Waals surface area (Å²) in [5.74, 6) is 2.06. The number of hydrogen-bond donors (Lipinski definition) is 1. The van der Waals surface area contributed by atoms with Crippen molar-refractivity contribution in [3.63, 3.8) is 0 Å². The first-order valence-corrected chi connectivity index (χ1v) is 7.16. The molecular weight excluding hydrogens is 248 g/mol. The fraction of sp³-hybridized carbons (Fsp3) is 0.385. The number of oxime groups is 1. The number of nitrogens with one attached hydrogen (secondary N) is 1. The lowest BCUT2D eigenvalue weighted by Gasteiger charge is -2.25. The molecule has 5 heteroatoms. The van der Waals surface area contributed by atoms with Crippen LogP contribution in [0.25, 0.3) is 0 Å². The van der Waals surface area contributed by atoms with E-state index in [1.807, 2.05) is 36.0 Å². The Bertz CT molecular complexity index is 480. The predicted octanol–water partition coefficient (Wildman–Crippen LogP) is 1.66. The topological polar surface area (TPSA) is 50.7 Å². The Morgan fingerprint density at radius 2 is 2.11 bits per heavy atom. The summed E-state index contributed by atoms with van der Waals surface area (Å²) in [4.78, 5) is 16.9. The number of rotatable bonds is 3. The molecule has 0 spiro atoms. The number of carbonyl (C=O) groups is 1. The van der Waals surface area contributed by atoms with Gasteiger partial charge in [0.05, 0.1) is 5.71 Å². The van der Waals surface area contributed by atoms with Crippen LogP contribution < -0.4 is 5.32 Å². The molecule has 1 fully saturated rings. The van der Waals surface area contributed by atoms with Crippen LogP contribution in [0, 0.1) is 0 Å². The van der Waals surface area contributed by atoms with Crippen molar-refractivity contribution in [2.24, 2.45) is 5.16 Å². The fourth-order valence-electron chi connectivity index (χ4n) is 1.91. The second-order valence-electron chi connectivity index (χ2n) is 4.41. The van der Waals surface area contributed by atoms with Gasteiger partial charge in [-0.05, 0) is 17.7 Å². The molecule has 1 N–H and O–H groups in total. The second-order valence-corrected chi connectivity index (χ2v) is 5.48. The van der Waals surface area contributed by atoms with Gasteiger partial charge in [-0.15, -0.1) is 0 Å². The van der Waals surface area contributed by atoms with Gasteiger partial charge in [0.15, 0.2) is 0 Å². The van der Waals surface area contributed by atoms with E-state index in [-0.39, 0.29) is 5.91 Å². The predicted molar refractivity (Wildman–Crippen MR) is 72.1 cm³/mol. The van der Waals surface area contributed by atoms with E-state index in [1.54, 1.807) is 0 Å². The van der Waals surface area contributed by atoms with E-state index in [2.05, 4.69) is 10.5 Å². The average Bonchev–Trinajstić information content (AvgIpc) is 2.87. The molecular formula is C13H14N2O2S. The van der Waals surface area contributed by atoms with Crippen LogP contribution in [-0.2, 0) is 4.84 Å². The van der Waals surface area contributed by atoms with Crippen LogP contribution in [0.1, 0.15) is 22.3 Å². The first-order valence-electron chi connectivity index (χ1n) is 6.01. The number of benzene rings is 1. The van der Waals surface area contributed by atoms with E-state index < -0.39 is 0 Å². The molecule has 0 atom stereocenters. The Morgan fingerprint density at radius 3 is 2.67 bits per heavy atom. The Kier molecular flexibility index (Phi) is 3.23. The van der Waals surface area contributed by atoms with Crippen LogP contribution in [0.3, 0.4) is 0 Å². The SMILES string of the molecule is O=C(NC1CSC1)c1ccc(C2=NOCC2)cc1. The summed E-state index contributed by atoms with van der Waals surface area (Å²) in [6.45, 7) is 0.650. The van der Waals surface area contributed by atoms with Gasteiger partial charge < -0.3 is 10.2 Å². The average molecular weight is 262 g/mol. The van der Waals surface area contributed by atoms with Crippen LogP contribution in [0.2, 0.25) is 0 Å². The number of hydrogen-bond acceptors (Lipinski definition) is 4. The summed E-state index contributed by atoms with van der Waals surface area (Å²) in [5.41, 5.74) is 2.69. The largest absolute Gasteiger partial charge is 0.395 e. The molecule has 4 nitrogen and oxygen atoms in total. The molecule has 1 saturated heterocycles. The van der Waals surface area contributed by atoms with Crippen LogP contribution in [0.5, 0.6) is 0 Å². The first kappa shape index (κ1) is 11.6. The van der Waals surface area contributed by atoms with Gasteiger partial charge in [-0.2, -0.15) is 11.8 Å². The summed E-state index contributed by atoms with van der Waals surface area (Å²) in [5, 5.41) is 6.97. The summed E-state index contributed by atoms with van der Waals surface area (Å²) in [6, 6.07) is 7.89. The van der Waals surface area contributed by atoms with E-state index in [1.165, 1.54) is 0 Å². The van der Waals surface area contributed by atoms with Crippen molar-refractivity contribution in [1.29, 1.82) is 0 Å². The Hall–Kier alpha value is -1.49. The second kappa shape index (κ2) is 5.02. The number of carbonyl (C=O) groups excluding carboxylic acids is 1. The molecule has 2 heterocycles. The zero-order valence-corrected chi connectivity index (χ0v) is 10.7. The Morgan fingerprint density at radius 1 is 1.33 bits per heavy atom. The van der Waals surface area contributed by atoms with E-state index in [9.17, 15) is 4.79 Å². The zero-order valence-electron chi connectivity index (χ0n) is 9.89. The number of nitrogens with zero attached hydrogens (tertiary/aromatic N) is 1. The van der Waals surface area contributed by atoms with Gasteiger partial charge in [-0.1, -0.05) is 17.3 Å². The number of amides is 1. The third kappa shape index (κ3) is 2.36. The number of thioether (sulfide) groups is 1. The molecule has 1 amide bonds. The molecule has 0 saturated carbocycles. The lowest BCUT2D eigenvalue weighted by molar-refractivity contribution is 0.0943. The molecule has 18 heavy (non-hydrogen) atoms.